The number of unbranched alkanes of at least 4 members (excludes halogenated alkanes) is 1. The van der Waals surface area contributed by atoms with Crippen molar-refractivity contribution in [2.24, 2.45) is 0 Å². The third kappa shape index (κ3) is 12.5. The molecule has 216 valence electrons. The largest absolute Gasteiger partial charge is 0.466 e. The smallest absolute Gasteiger partial charge is 0.408 e. The lowest BCUT2D eigenvalue weighted by molar-refractivity contribution is -0.144. The van der Waals surface area contributed by atoms with Gasteiger partial charge in [0.05, 0.1) is 13.0 Å². The van der Waals surface area contributed by atoms with Gasteiger partial charge in [0.1, 0.15) is 17.7 Å². The maximum Gasteiger partial charge on any atom is 0.408 e. The van der Waals surface area contributed by atoms with Crippen LogP contribution in [0, 0.1) is 12.3 Å². The number of hydrogen-bond donors (Lipinski definition) is 2. The third-order valence-corrected chi connectivity index (χ3v) is 6.17. The lowest BCUT2D eigenvalue weighted by atomic mass is 10.0. The lowest BCUT2D eigenvalue weighted by Gasteiger charge is -2.34. The fourth-order valence-electron chi connectivity index (χ4n) is 3.69. The monoisotopic (exact) mass is 561 g/mol. The fourth-order valence-corrected chi connectivity index (χ4v) is 4.16. The molecule has 2 atom stereocenters. The Kier molecular flexibility index (Phi) is 15.1. The van der Waals surface area contributed by atoms with Crippen LogP contribution in [0.5, 0.6) is 0 Å². The Balaban J connectivity index is 3.40. The number of hydrogen-bond acceptors (Lipinski definition) is 7. The van der Waals surface area contributed by atoms with Gasteiger partial charge in [-0.3, -0.25) is 14.4 Å². The van der Waals surface area contributed by atoms with Gasteiger partial charge in [0.15, 0.2) is 0 Å². The molecule has 0 spiro atoms. The molecule has 0 saturated heterocycles. The zero-order valence-electron chi connectivity index (χ0n) is 24.0. The van der Waals surface area contributed by atoms with Crippen LogP contribution in [0.1, 0.15) is 77.5 Å². The van der Waals surface area contributed by atoms with Gasteiger partial charge in [-0.1, -0.05) is 31.4 Å². The Morgan fingerprint density at radius 2 is 1.79 bits per heavy atom. The Morgan fingerprint density at radius 3 is 2.33 bits per heavy atom. The summed E-state index contributed by atoms with van der Waals surface area (Å²) in [5.41, 5.74) is 0.461. The highest BCUT2D eigenvalue weighted by Gasteiger charge is 2.35. The van der Waals surface area contributed by atoms with Crippen molar-refractivity contribution in [3.05, 3.63) is 35.4 Å². The predicted molar refractivity (Wildman–Crippen MR) is 154 cm³/mol. The van der Waals surface area contributed by atoms with Crippen molar-refractivity contribution in [1.82, 2.24) is 15.5 Å². The summed E-state index contributed by atoms with van der Waals surface area (Å²) < 4.78 is 10.3. The molecular weight excluding hydrogens is 518 g/mol. The molecule has 1 rings (SSSR count). The summed E-state index contributed by atoms with van der Waals surface area (Å²) in [5, 5.41) is 5.49. The minimum atomic E-state index is -1.00. The first-order valence-corrected chi connectivity index (χ1v) is 14.7. The van der Waals surface area contributed by atoms with Gasteiger partial charge in [0.25, 0.3) is 0 Å². The zero-order valence-corrected chi connectivity index (χ0v) is 24.8. The number of nitrogens with one attached hydrogen (secondary N) is 2. The molecule has 1 aromatic carbocycles. The van der Waals surface area contributed by atoms with Crippen LogP contribution >= 0.6 is 11.8 Å². The zero-order chi connectivity index (χ0) is 29.4. The lowest BCUT2D eigenvalue weighted by Crippen LogP contribution is -2.53. The number of alkyl carbamates (subject to hydrolysis) is 1. The van der Waals surface area contributed by atoms with Crippen LogP contribution < -0.4 is 10.6 Å². The number of rotatable bonds is 15. The second kappa shape index (κ2) is 17.4. The number of carbonyl (C=O) groups is 4. The molecular formula is C29H43N3O6S. The van der Waals surface area contributed by atoms with Gasteiger partial charge < -0.3 is 25.0 Å². The SMILES string of the molecule is C#Cc1ccc(C(C(=O)NCCC(=O)OCC)N(CCCC)C(=O)C(CCSC)NC(=O)OC(C)(C)C)cc1. The molecule has 39 heavy (non-hydrogen) atoms. The second-order valence-electron chi connectivity index (χ2n) is 9.88. The van der Waals surface area contributed by atoms with Crippen molar-refractivity contribution in [2.45, 2.75) is 78.0 Å². The summed E-state index contributed by atoms with van der Waals surface area (Å²) in [6, 6.07) is 4.95. The highest BCUT2D eigenvalue weighted by atomic mass is 32.2. The molecule has 3 amide bonds. The van der Waals surface area contributed by atoms with E-state index in [9.17, 15) is 19.2 Å². The van der Waals surface area contributed by atoms with Crippen LogP contribution in [-0.2, 0) is 23.9 Å². The van der Waals surface area contributed by atoms with Crippen molar-refractivity contribution < 1.29 is 28.7 Å². The number of thioether (sulfide) groups is 1. The summed E-state index contributed by atoms with van der Waals surface area (Å²) in [6.45, 7) is 9.52. The number of terminal acetylenes is 1. The van der Waals surface area contributed by atoms with Crippen LogP contribution in [0.15, 0.2) is 24.3 Å². The van der Waals surface area contributed by atoms with E-state index < -0.39 is 41.6 Å². The topological polar surface area (TPSA) is 114 Å². The molecule has 10 heteroatoms. The predicted octanol–water partition coefficient (Wildman–Crippen LogP) is 4.05. The van der Waals surface area contributed by atoms with Gasteiger partial charge in [-0.05, 0) is 70.2 Å². The van der Waals surface area contributed by atoms with E-state index in [4.69, 9.17) is 15.9 Å². The Labute approximate surface area is 237 Å². The molecule has 2 N–H and O–H groups in total. The Morgan fingerprint density at radius 1 is 1.13 bits per heavy atom. The quantitative estimate of drug-likeness (QED) is 0.245. The number of ether oxygens (including phenoxy) is 2. The fraction of sp³-hybridized carbons (Fsp3) is 0.586. The van der Waals surface area contributed by atoms with Crippen molar-refractivity contribution in [1.29, 1.82) is 0 Å². The maximum absolute atomic E-state index is 14.0. The average molecular weight is 562 g/mol. The van der Waals surface area contributed by atoms with Crippen molar-refractivity contribution in [3.63, 3.8) is 0 Å². The van der Waals surface area contributed by atoms with E-state index in [1.165, 1.54) is 4.90 Å². The van der Waals surface area contributed by atoms with Crippen LogP contribution in [0.4, 0.5) is 4.79 Å². The van der Waals surface area contributed by atoms with E-state index in [-0.39, 0.29) is 26.1 Å². The Bertz CT molecular complexity index is 984. The maximum atomic E-state index is 14.0. The number of carbonyl (C=O) groups excluding carboxylic acids is 4. The third-order valence-electron chi connectivity index (χ3n) is 5.52. The van der Waals surface area contributed by atoms with Crippen LogP contribution in [-0.4, -0.2) is 72.1 Å². The molecule has 0 heterocycles. The van der Waals surface area contributed by atoms with E-state index in [1.54, 1.807) is 63.7 Å². The summed E-state index contributed by atoms with van der Waals surface area (Å²) in [6.07, 6.45) is 8.51. The summed E-state index contributed by atoms with van der Waals surface area (Å²) in [7, 11) is 0. The number of benzene rings is 1. The normalized spacial score (nSPS) is 12.4. The van der Waals surface area contributed by atoms with Gasteiger partial charge in [-0.15, -0.1) is 6.42 Å². The van der Waals surface area contributed by atoms with Gasteiger partial charge >= 0.3 is 12.1 Å². The summed E-state index contributed by atoms with van der Waals surface area (Å²) in [5.74, 6) is 1.90. The first-order valence-electron chi connectivity index (χ1n) is 13.3. The molecule has 0 saturated carbocycles. The molecule has 0 aromatic heterocycles. The Hall–Kier alpha value is -3.19. The van der Waals surface area contributed by atoms with Crippen LogP contribution in [0.2, 0.25) is 0 Å². The van der Waals surface area contributed by atoms with E-state index in [2.05, 4.69) is 16.6 Å². The van der Waals surface area contributed by atoms with Crippen molar-refractivity contribution in [2.75, 3.05) is 31.7 Å². The first kappa shape index (κ1) is 33.8. The highest BCUT2D eigenvalue weighted by Crippen LogP contribution is 2.25. The number of nitrogens with zero attached hydrogens (tertiary/aromatic N) is 1. The van der Waals surface area contributed by atoms with E-state index >= 15 is 0 Å². The van der Waals surface area contributed by atoms with Crippen LogP contribution in [0.25, 0.3) is 0 Å². The van der Waals surface area contributed by atoms with E-state index in [0.717, 1.165) is 6.42 Å². The van der Waals surface area contributed by atoms with E-state index in [0.29, 0.717) is 29.7 Å². The molecule has 0 fully saturated rings. The van der Waals surface area contributed by atoms with Crippen LogP contribution in [0.3, 0.4) is 0 Å². The minimum Gasteiger partial charge on any atom is -0.466 e. The van der Waals surface area contributed by atoms with E-state index in [1.807, 2.05) is 13.2 Å². The van der Waals surface area contributed by atoms with Gasteiger partial charge in [0.2, 0.25) is 11.8 Å². The molecule has 0 bridgehead atoms. The number of amides is 3. The first-order chi connectivity index (χ1) is 18.5. The second-order valence-corrected chi connectivity index (χ2v) is 10.9. The number of esters is 1. The molecule has 2 unspecified atom stereocenters. The highest BCUT2D eigenvalue weighted by molar-refractivity contribution is 7.98. The molecule has 0 aliphatic rings. The van der Waals surface area contributed by atoms with Crippen molar-refractivity contribution in [3.8, 4) is 12.3 Å². The molecule has 1 aromatic rings. The molecule has 0 aliphatic heterocycles. The molecule has 9 nitrogen and oxygen atoms in total. The van der Waals surface area contributed by atoms with Gasteiger partial charge in [-0.25, -0.2) is 4.79 Å². The standard InChI is InChI=1S/C29H43N3O6S/c1-8-11-19-32(27(35)23(17-20-39-7)31-28(36)38-29(4,5)6)25(22-14-12-21(9-2)13-15-22)26(34)30-18-16-24(33)37-10-3/h2,12-15,23,25H,8,10-11,16-20H2,1,3-7H3,(H,30,34)(H,31,36). The summed E-state index contributed by atoms with van der Waals surface area (Å²) in [4.78, 5) is 53.5. The van der Waals surface area contributed by atoms with Gasteiger partial charge in [0, 0.05) is 18.7 Å². The average Bonchev–Trinajstić information content (AvgIpc) is 2.87. The summed E-state index contributed by atoms with van der Waals surface area (Å²) >= 11 is 1.55. The molecule has 0 radical (unpaired) electrons. The van der Waals surface area contributed by atoms with Crippen molar-refractivity contribution >= 4 is 35.6 Å². The molecule has 0 aliphatic carbocycles. The minimum absolute atomic E-state index is 0.00177. The van der Waals surface area contributed by atoms with Gasteiger partial charge in [-0.2, -0.15) is 11.8 Å².